The van der Waals surface area contributed by atoms with Crippen molar-refractivity contribution >= 4 is 23.4 Å². The molecule has 2 atom stereocenters. The number of ketones is 1. The number of rotatable bonds is 6. The highest BCUT2D eigenvalue weighted by atomic mass is 16.4. The van der Waals surface area contributed by atoms with Gasteiger partial charge in [-0.2, -0.15) is 0 Å². The van der Waals surface area contributed by atoms with Gasteiger partial charge in [0.05, 0.1) is 12.5 Å². The van der Waals surface area contributed by atoms with Gasteiger partial charge in [-0.25, -0.2) is 9.78 Å². The standard InChI is InChI=1S/C19H27N3O.C5H4N2O3.C3H8/c1-5-14(2)18(20)19(23)22-12-15(3)21(11-16(22)4)13-17-9-7-6-8-10-17;8-4(5(9)10)3-1-6-2-7-3;1-3-2/h5-10,15-16,20H,11-13H2,1-4H3;1-2H,(H,6,7)(H,9,10);3H2,1-2H3/b14-5-,20-18?;;/t15-,16?;;/m0../s1. The summed E-state index contributed by atoms with van der Waals surface area (Å²) in [5.74, 6) is -2.61. The van der Waals surface area contributed by atoms with Crippen molar-refractivity contribution in [3.8, 4) is 0 Å². The smallest absolute Gasteiger partial charge is 0.378 e. The van der Waals surface area contributed by atoms with Crippen LogP contribution in [0.1, 0.15) is 64.0 Å². The average Bonchev–Trinajstić information content (AvgIpc) is 3.40. The van der Waals surface area contributed by atoms with Gasteiger partial charge in [0.25, 0.3) is 11.7 Å². The molecule has 1 aliphatic heterocycles. The number of aliphatic carboxylic acids is 1. The Hall–Kier alpha value is -3.59. The second kappa shape index (κ2) is 15.4. The summed E-state index contributed by atoms with van der Waals surface area (Å²) in [5.41, 5.74) is 2.14. The topological polar surface area (TPSA) is 130 Å². The van der Waals surface area contributed by atoms with Crippen LogP contribution in [0.15, 0.2) is 54.5 Å². The minimum absolute atomic E-state index is 0.00694. The summed E-state index contributed by atoms with van der Waals surface area (Å²) in [5, 5.41) is 16.2. The number of imidazole rings is 1. The van der Waals surface area contributed by atoms with E-state index in [1.54, 1.807) is 0 Å². The van der Waals surface area contributed by atoms with Crippen LogP contribution in [0.2, 0.25) is 0 Å². The lowest BCUT2D eigenvalue weighted by atomic mass is 10.0. The molecule has 1 saturated heterocycles. The number of nitrogens with zero attached hydrogens (tertiary/aromatic N) is 3. The number of H-pyrrole nitrogens is 1. The van der Waals surface area contributed by atoms with E-state index >= 15 is 0 Å². The predicted molar refractivity (Wildman–Crippen MR) is 141 cm³/mol. The summed E-state index contributed by atoms with van der Waals surface area (Å²) in [6.07, 6.45) is 5.48. The number of carboxylic acids is 1. The molecule has 3 rings (SSSR count). The Morgan fingerprint density at radius 2 is 1.75 bits per heavy atom. The van der Waals surface area contributed by atoms with Crippen molar-refractivity contribution in [2.24, 2.45) is 0 Å². The van der Waals surface area contributed by atoms with Crippen LogP contribution in [0.4, 0.5) is 0 Å². The Labute approximate surface area is 213 Å². The van der Waals surface area contributed by atoms with Crippen LogP contribution in [-0.2, 0) is 16.1 Å². The van der Waals surface area contributed by atoms with E-state index in [9.17, 15) is 14.4 Å². The first-order valence-corrected chi connectivity index (χ1v) is 12.1. The maximum absolute atomic E-state index is 12.6. The maximum atomic E-state index is 12.6. The monoisotopic (exact) mass is 497 g/mol. The fraction of sp³-hybridized carbons (Fsp3) is 0.444. The molecule has 9 heteroatoms. The molecule has 1 aliphatic rings. The summed E-state index contributed by atoms with van der Waals surface area (Å²) < 4.78 is 0. The number of allylic oxidation sites excluding steroid dienone is 1. The summed E-state index contributed by atoms with van der Waals surface area (Å²) in [7, 11) is 0. The molecule has 1 amide bonds. The first kappa shape index (κ1) is 30.4. The van der Waals surface area contributed by atoms with Crippen LogP contribution in [0.3, 0.4) is 0 Å². The van der Waals surface area contributed by atoms with Gasteiger partial charge in [0.2, 0.25) is 0 Å². The van der Waals surface area contributed by atoms with Gasteiger partial charge >= 0.3 is 5.97 Å². The van der Waals surface area contributed by atoms with Gasteiger partial charge < -0.3 is 15.0 Å². The van der Waals surface area contributed by atoms with E-state index in [-0.39, 0.29) is 29.4 Å². The third-order valence-electron chi connectivity index (χ3n) is 5.58. The number of hydrogen-bond acceptors (Lipinski definition) is 6. The molecule has 1 fully saturated rings. The molecule has 0 bridgehead atoms. The molecular weight excluding hydrogens is 458 g/mol. The fourth-order valence-corrected chi connectivity index (χ4v) is 3.47. The van der Waals surface area contributed by atoms with E-state index < -0.39 is 11.8 Å². The number of aromatic amines is 1. The van der Waals surface area contributed by atoms with Gasteiger partial charge in [-0.3, -0.25) is 19.9 Å². The van der Waals surface area contributed by atoms with Crippen molar-refractivity contribution in [3.63, 3.8) is 0 Å². The van der Waals surface area contributed by atoms with Crippen molar-refractivity contribution in [1.82, 2.24) is 19.8 Å². The highest BCUT2D eigenvalue weighted by Gasteiger charge is 2.33. The summed E-state index contributed by atoms with van der Waals surface area (Å²) >= 11 is 0. The highest BCUT2D eigenvalue weighted by molar-refractivity contribution is 6.43. The summed E-state index contributed by atoms with van der Waals surface area (Å²) in [6, 6.07) is 10.8. The zero-order chi connectivity index (χ0) is 27.3. The fourth-order valence-electron chi connectivity index (χ4n) is 3.47. The van der Waals surface area contributed by atoms with Crippen LogP contribution in [0.5, 0.6) is 0 Å². The minimum atomic E-state index is -1.48. The van der Waals surface area contributed by atoms with E-state index in [0.29, 0.717) is 6.54 Å². The van der Waals surface area contributed by atoms with Gasteiger partial charge in [-0.1, -0.05) is 56.7 Å². The highest BCUT2D eigenvalue weighted by Crippen LogP contribution is 2.19. The van der Waals surface area contributed by atoms with E-state index in [0.717, 1.165) is 24.9 Å². The first-order valence-electron chi connectivity index (χ1n) is 12.1. The molecule has 0 radical (unpaired) electrons. The predicted octanol–water partition coefficient (Wildman–Crippen LogP) is 4.19. The SMILES string of the molecule is C/C=C(/C)C(=N)C(=O)N1C[C@H](C)N(Cc2ccccc2)CC1C.CCC.O=C(O)C(=O)c1cnc[nH]1. The van der Waals surface area contributed by atoms with Gasteiger partial charge in [0.15, 0.2) is 0 Å². The molecule has 1 aromatic heterocycles. The molecule has 9 nitrogen and oxygen atoms in total. The second-order valence-electron chi connectivity index (χ2n) is 8.72. The first-order chi connectivity index (χ1) is 17.1. The molecule has 1 unspecified atom stereocenters. The van der Waals surface area contributed by atoms with Crippen molar-refractivity contribution in [2.45, 2.75) is 66.6 Å². The normalized spacial score (nSPS) is 17.7. The Balaban J connectivity index is 0.000000412. The lowest BCUT2D eigenvalue weighted by Gasteiger charge is -2.44. The zero-order valence-electron chi connectivity index (χ0n) is 22.1. The lowest BCUT2D eigenvalue weighted by Crippen LogP contribution is -2.58. The number of nitrogens with one attached hydrogen (secondary N) is 2. The lowest BCUT2D eigenvalue weighted by molar-refractivity contribution is -0.132. The third kappa shape index (κ3) is 9.22. The maximum Gasteiger partial charge on any atom is 0.378 e. The van der Waals surface area contributed by atoms with Crippen molar-refractivity contribution in [2.75, 3.05) is 13.1 Å². The summed E-state index contributed by atoms with van der Waals surface area (Å²) in [6.45, 7) is 14.6. The van der Waals surface area contributed by atoms with E-state index in [2.05, 4.69) is 66.8 Å². The molecule has 3 N–H and O–H groups in total. The average molecular weight is 498 g/mol. The molecular formula is C27H39N5O4. The second-order valence-corrected chi connectivity index (χ2v) is 8.72. The van der Waals surface area contributed by atoms with Crippen molar-refractivity contribution in [3.05, 3.63) is 65.8 Å². The van der Waals surface area contributed by atoms with Crippen LogP contribution in [-0.4, -0.2) is 73.4 Å². The van der Waals surface area contributed by atoms with Gasteiger partial charge in [0.1, 0.15) is 11.4 Å². The number of benzene rings is 1. The molecule has 1 aromatic carbocycles. The Morgan fingerprint density at radius 3 is 2.25 bits per heavy atom. The number of hydrogen-bond donors (Lipinski definition) is 3. The van der Waals surface area contributed by atoms with Gasteiger partial charge in [-0.05, 0) is 38.8 Å². The molecule has 0 aliphatic carbocycles. The van der Waals surface area contributed by atoms with E-state index in [1.807, 2.05) is 30.9 Å². The van der Waals surface area contributed by atoms with Crippen LogP contribution in [0, 0.1) is 5.41 Å². The van der Waals surface area contributed by atoms with Crippen LogP contribution >= 0.6 is 0 Å². The van der Waals surface area contributed by atoms with E-state index in [4.69, 9.17) is 10.5 Å². The van der Waals surface area contributed by atoms with Crippen molar-refractivity contribution in [1.29, 1.82) is 5.41 Å². The molecule has 36 heavy (non-hydrogen) atoms. The molecule has 196 valence electrons. The number of carbonyl (C=O) groups excluding carboxylic acids is 2. The molecule has 0 spiro atoms. The quantitative estimate of drug-likeness (QED) is 0.312. The summed E-state index contributed by atoms with van der Waals surface area (Å²) in [4.78, 5) is 43.2. The van der Waals surface area contributed by atoms with Crippen LogP contribution < -0.4 is 0 Å². The van der Waals surface area contributed by atoms with Gasteiger partial charge in [-0.15, -0.1) is 0 Å². The van der Waals surface area contributed by atoms with E-state index in [1.165, 1.54) is 18.3 Å². The number of aromatic nitrogens is 2. The van der Waals surface area contributed by atoms with Crippen molar-refractivity contribution < 1.29 is 19.5 Å². The number of amides is 1. The number of Topliss-reactive ketones (excluding diaryl/α,β-unsaturated/α-hetero) is 1. The number of carboxylic acid groups (broad SMARTS) is 1. The Morgan fingerprint density at radius 1 is 1.14 bits per heavy atom. The van der Waals surface area contributed by atoms with Gasteiger partial charge in [0, 0.05) is 31.7 Å². The van der Waals surface area contributed by atoms with Crippen LogP contribution in [0.25, 0.3) is 0 Å². The Kier molecular flexibility index (Phi) is 13.0. The Bertz CT molecular complexity index is 1020. The molecule has 2 heterocycles. The molecule has 2 aromatic rings. The molecule has 0 saturated carbocycles. The third-order valence-corrected chi connectivity index (χ3v) is 5.58. The largest absolute Gasteiger partial charge is 0.475 e. The number of carbonyl (C=O) groups is 3. The number of piperazine rings is 1. The minimum Gasteiger partial charge on any atom is -0.475 e. The zero-order valence-corrected chi connectivity index (χ0v) is 22.1.